The number of hydrogen-bond donors (Lipinski definition) is 2. The molecule has 3 heterocycles. The molecule has 0 bridgehead atoms. The second-order valence-corrected chi connectivity index (χ2v) is 7.59. The molecule has 2 aliphatic heterocycles. The molecule has 1 aromatic carbocycles. The summed E-state index contributed by atoms with van der Waals surface area (Å²) in [6.45, 7) is 4.00. The first-order valence-electron chi connectivity index (χ1n) is 9.76. The second kappa shape index (κ2) is 8.15. The number of amides is 1. The summed E-state index contributed by atoms with van der Waals surface area (Å²) in [5.74, 6) is 0.176. The molecule has 1 aromatic heterocycles. The predicted octanol–water partition coefficient (Wildman–Crippen LogP) is 1.15. The number of benzene rings is 1. The Morgan fingerprint density at radius 2 is 2.00 bits per heavy atom. The minimum atomic E-state index is -0.182. The molecule has 2 aliphatic rings. The molecule has 2 N–H and O–H groups in total. The standard InChI is InChI=1S/C21H26N6O/c1-25-7-3-6-20(25)18-13-19(24-23-18)21(28)27-10-8-26(9-11-27)15-17-5-2-4-16(12-17)14-22/h2-7,12,18-19,23-24H,8-11,13,15H2,1H3. The highest BCUT2D eigenvalue weighted by molar-refractivity contribution is 5.82. The summed E-state index contributed by atoms with van der Waals surface area (Å²) in [6, 6.07) is 14.0. The van der Waals surface area contributed by atoms with Crippen LogP contribution in [0.25, 0.3) is 0 Å². The molecule has 2 fully saturated rings. The molecule has 0 spiro atoms. The largest absolute Gasteiger partial charge is 0.353 e. The lowest BCUT2D eigenvalue weighted by molar-refractivity contribution is -0.135. The van der Waals surface area contributed by atoms with E-state index in [0.29, 0.717) is 5.56 Å². The van der Waals surface area contributed by atoms with Crippen LogP contribution in [0.4, 0.5) is 0 Å². The van der Waals surface area contributed by atoms with Crippen LogP contribution in [0.5, 0.6) is 0 Å². The Labute approximate surface area is 165 Å². The van der Waals surface area contributed by atoms with Gasteiger partial charge in [-0.25, -0.2) is 10.9 Å². The first-order chi connectivity index (χ1) is 13.6. The third kappa shape index (κ3) is 3.94. The van der Waals surface area contributed by atoms with Gasteiger partial charge in [-0.3, -0.25) is 9.69 Å². The second-order valence-electron chi connectivity index (χ2n) is 7.59. The van der Waals surface area contributed by atoms with Crippen LogP contribution in [0.3, 0.4) is 0 Å². The maximum atomic E-state index is 12.9. The van der Waals surface area contributed by atoms with Crippen molar-refractivity contribution in [3.05, 3.63) is 59.4 Å². The number of hydrogen-bond acceptors (Lipinski definition) is 5. The van der Waals surface area contributed by atoms with E-state index in [9.17, 15) is 4.79 Å². The molecule has 0 saturated carbocycles. The van der Waals surface area contributed by atoms with E-state index in [1.165, 1.54) is 5.69 Å². The molecule has 28 heavy (non-hydrogen) atoms. The number of aryl methyl sites for hydroxylation is 1. The highest BCUT2D eigenvalue weighted by Crippen LogP contribution is 2.23. The third-order valence-electron chi connectivity index (χ3n) is 5.69. The van der Waals surface area contributed by atoms with Crippen molar-refractivity contribution in [3.8, 4) is 6.07 Å². The lowest BCUT2D eigenvalue weighted by Crippen LogP contribution is -2.53. The Balaban J connectivity index is 1.28. The molecule has 2 unspecified atom stereocenters. The minimum absolute atomic E-state index is 0.155. The maximum Gasteiger partial charge on any atom is 0.241 e. The Kier molecular flexibility index (Phi) is 5.44. The van der Waals surface area contributed by atoms with Gasteiger partial charge in [0.05, 0.1) is 17.7 Å². The zero-order valence-electron chi connectivity index (χ0n) is 16.1. The van der Waals surface area contributed by atoms with Crippen LogP contribution in [0.15, 0.2) is 42.6 Å². The average Bonchev–Trinajstić information content (AvgIpc) is 3.37. The molecular weight excluding hydrogens is 352 g/mol. The third-order valence-corrected chi connectivity index (χ3v) is 5.69. The van der Waals surface area contributed by atoms with Crippen molar-refractivity contribution >= 4 is 5.91 Å². The van der Waals surface area contributed by atoms with Gasteiger partial charge in [0.25, 0.3) is 0 Å². The number of aromatic nitrogens is 1. The fourth-order valence-corrected chi connectivity index (χ4v) is 4.09. The smallest absolute Gasteiger partial charge is 0.241 e. The summed E-state index contributed by atoms with van der Waals surface area (Å²) < 4.78 is 2.09. The van der Waals surface area contributed by atoms with E-state index in [0.717, 1.165) is 44.7 Å². The first-order valence-corrected chi connectivity index (χ1v) is 9.76. The Bertz CT molecular complexity index is 877. The number of nitrogens with one attached hydrogen (secondary N) is 2. The highest BCUT2D eigenvalue weighted by Gasteiger charge is 2.34. The Morgan fingerprint density at radius 3 is 2.71 bits per heavy atom. The lowest BCUT2D eigenvalue weighted by atomic mass is 10.1. The summed E-state index contributed by atoms with van der Waals surface area (Å²) in [5, 5.41) is 9.04. The molecule has 0 aliphatic carbocycles. The maximum absolute atomic E-state index is 12.9. The zero-order valence-corrected chi connectivity index (χ0v) is 16.1. The van der Waals surface area contributed by atoms with Crippen LogP contribution in [-0.2, 0) is 18.4 Å². The molecule has 0 radical (unpaired) electrons. The number of carbonyl (C=O) groups is 1. The monoisotopic (exact) mass is 378 g/mol. The Morgan fingerprint density at radius 1 is 1.18 bits per heavy atom. The van der Waals surface area contributed by atoms with Gasteiger partial charge in [-0.05, 0) is 36.2 Å². The van der Waals surface area contributed by atoms with Crippen LogP contribution in [0, 0.1) is 11.3 Å². The summed E-state index contributed by atoms with van der Waals surface area (Å²) in [4.78, 5) is 17.2. The lowest BCUT2D eigenvalue weighted by Gasteiger charge is -2.35. The van der Waals surface area contributed by atoms with Crippen LogP contribution in [-0.4, -0.2) is 52.5 Å². The number of nitrogens with zero attached hydrogens (tertiary/aromatic N) is 4. The van der Waals surface area contributed by atoms with Crippen molar-refractivity contribution in [1.82, 2.24) is 25.2 Å². The molecule has 2 atom stereocenters. The van der Waals surface area contributed by atoms with Gasteiger partial charge in [-0.2, -0.15) is 5.26 Å². The fraction of sp³-hybridized carbons (Fsp3) is 0.429. The van der Waals surface area contributed by atoms with E-state index < -0.39 is 0 Å². The van der Waals surface area contributed by atoms with Gasteiger partial charge in [0.15, 0.2) is 0 Å². The predicted molar refractivity (Wildman–Crippen MR) is 106 cm³/mol. The van der Waals surface area contributed by atoms with Gasteiger partial charge in [0.2, 0.25) is 5.91 Å². The number of piperazine rings is 1. The van der Waals surface area contributed by atoms with E-state index in [1.807, 2.05) is 42.4 Å². The molecule has 7 heteroatoms. The molecular formula is C21H26N6O. The molecule has 146 valence electrons. The van der Waals surface area contributed by atoms with Crippen molar-refractivity contribution in [2.75, 3.05) is 26.2 Å². The SMILES string of the molecule is Cn1cccc1C1CC(C(=O)N2CCN(Cc3cccc(C#N)c3)CC2)NN1. The summed E-state index contributed by atoms with van der Waals surface area (Å²) in [6.07, 6.45) is 2.79. The van der Waals surface area contributed by atoms with Gasteiger partial charge < -0.3 is 9.47 Å². The van der Waals surface area contributed by atoms with E-state index in [4.69, 9.17) is 5.26 Å². The number of rotatable bonds is 4. The van der Waals surface area contributed by atoms with Crippen molar-refractivity contribution in [3.63, 3.8) is 0 Å². The minimum Gasteiger partial charge on any atom is -0.353 e. The number of nitriles is 1. The van der Waals surface area contributed by atoms with Gasteiger partial charge in [-0.15, -0.1) is 0 Å². The van der Waals surface area contributed by atoms with Crippen molar-refractivity contribution in [1.29, 1.82) is 5.26 Å². The fourth-order valence-electron chi connectivity index (χ4n) is 4.09. The first kappa shape index (κ1) is 18.7. The van der Waals surface area contributed by atoms with Crippen LogP contribution < -0.4 is 10.9 Å². The van der Waals surface area contributed by atoms with Crippen molar-refractivity contribution in [2.24, 2.45) is 7.05 Å². The van der Waals surface area contributed by atoms with E-state index in [1.54, 1.807) is 0 Å². The normalized spacial score (nSPS) is 22.9. The number of hydrazine groups is 1. The van der Waals surface area contributed by atoms with Gasteiger partial charge in [0.1, 0.15) is 6.04 Å². The van der Waals surface area contributed by atoms with Crippen LogP contribution in [0.2, 0.25) is 0 Å². The van der Waals surface area contributed by atoms with Gasteiger partial charge in [0, 0.05) is 51.7 Å². The van der Waals surface area contributed by atoms with E-state index in [-0.39, 0.29) is 18.0 Å². The number of carbonyl (C=O) groups excluding carboxylic acids is 1. The van der Waals surface area contributed by atoms with Crippen LogP contribution in [0.1, 0.15) is 29.3 Å². The van der Waals surface area contributed by atoms with E-state index in [2.05, 4.69) is 38.5 Å². The summed E-state index contributed by atoms with van der Waals surface area (Å²) >= 11 is 0. The van der Waals surface area contributed by atoms with Crippen LogP contribution >= 0.6 is 0 Å². The zero-order chi connectivity index (χ0) is 19.5. The quantitative estimate of drug-likeness (QED) is 0.835. The Hall–Kier alpha value is -2.66. The summed E-state index contributed by atoms with van der Waals surface area (Å²) in [5.41, 5.74) is 9.48. The van der Waals surface area contributed by atoms with Gasteiger partial charge >= 0.3 is 0 Å². The molecule has 2 aromatic rings. The molecule has 1 amide bonds. The van der Waals surface area contributed by atoms with Gasteiger partial charge in [-0.1, -0.05) is 12.1 Å². The topological polar surface area (TPSA) is 76.3 Å². The van der Waals surface area contributed by atoms with E-state index >= 15 is 0 Å². The van der Waals surface area contributed by atoms with Crippen molar-refractivity contribution in [2.45, 2.75) is 25.0 Å². The molecule has 7 nitrogen and oxygen atoms in total. The average molecular weight is 378 g/mol. The summed E-state index contributed by atoms with van der Waals surface area (Å²) in [7, 11) is 2.03. The van der Waals surface area contributed by atoms with Crippen molar-refractivity contribution < 1.29 is 4.79 Å². The highest BCUT2D eigenvalue weighted by atomic mass is 16.2. The molecule has 4 rings (SSSR count). The molecule has 2 saturated heterocycles.